The van der Waals surface area contributed by atoms with Crippen LogP contribution in [0.5, 0.6) is 0 Å². The van der Waals surface area contributed by atoms with E-state index >= 15 is 0 Å². The minimum atomic E-state index is -0.888. The Bertz CT molecular complexity index is 622. The third kappa shape index (κ3) is 6.65. The van der Waals surface area contributed by atoms with E-state index in [4.69, 9.17) is 4.74 Å². The molecular weight excluding hydrogens is 364 g/mol. The number of ether oxygens (including phenoxy) is 1. The lowest BCUT2D eigenvalue weighted by molar-refractivity contribution is -0.157. The Labute approximate surface area is 165 Å². The van der Waals surface area contributed by atoms with Gasteiger partial charge in [-0.25, -0.2) is 4.79 Å². The first-order valence-corrected chi connectivity index (χ1v) is 10.6. The molecule has 1 fully saturated rings. The lowest BCUT2D eigenvalue weighted by Gasteiger charge is -2.24. The number of thiophene rings is 1. The van der Waals surface area contributed by atoms with Gasteiger partial charge in [-0.05, 0) is 37.1 Å². The van der Waals surface area contributed by atoms with E-state index in [9.17, 15) is 14.4 Å². The molecule has 27 heavy (non-hydrogen) atoms. The van der Waals surface area contributed by atoms with Crippen LogP contribution in [0.4, 0.5) is 0 Å². The van der Waals surface area contributed by atoms with Crippen LogP contribution in [0.2, 0.25) is 0 Å². The highest BCUT2D eigenvalue weighted by Crippen LogP contribution is 2.17. The monoisotopic (exact) mass is 394 g/mol. The molecule has 1 aliphatic rings. The van der Waals surface area contributed by atoms with Crippen molar-refractivity contribution < 1.29 is 19.1 Å². The molecule has 150 valence electrons. The van der Waals surface area contributed by atoms with Gasteiger partial charge in [-0.15, -0.1) is 11.3 Å². The van der Waals surface area contributed by atoms with Crippen molar-refractivity contribution in [2.24, 2.45) is 5.92 Å². The predicted octanol–water partition coefficient (Wildman–Crippen LogP) is 3.27. The van der Waals surface area contributed by atoms with E-state index < -0.39 is 18.1 Å². The first-order valence-electron chi connectivity index (χ1n) is 9.73. The molecule has 0 unspecified atom stereocenters. The van der Waals surface area contributed by atoms with E-state index in [-0.39, 0.29) is 23.8 Å². The maximum absolute atomic E-state index is 12.5. The number of esters is 1. The predicted molar refractivity (Wildman–Crippen MR) is 106 cm³/mol. The Morgan fingerprint density at radius 1 is 1.11 bits per heavy atom. The third-order valence-corrected chi connectivity index (χ3v) is 5.68. The van der Waals surface area contributed by atoms with Gasteiger partial charge in [0.2, 0.25) is 0 Å². The fraction of sp³-hybridized carbons (Fsp3) is 0.650. The topological polar surface area (TPSA) is 84.5 Å². The van der Waals surface area contributed by atoms with E-state index in [2.05, 4.69) is 10.6 Å². The summed E-state index contributed by atoms with van der Waals surface area (Å²) in [5.41, 5.74) is 0. The number of rotatable bonds is 7. The summed E-state index contributed by atoms with van der Waals surface area (Å²) in [6.45, 7) is 5.23. The van der Waals surface area contributed by atoms with E-state index in [1.807, 2.05) is 13.8 Å². The molecule has 0 aromatic carbocycles. The van der Waals surface area contributed by atoms with Crippen molar-refractivity contribution in [1.29, 1.82) is 0 Å². The molecule has 2 atom stereocenters. The molecule has 0 saturated heterocycles. The van der Waals surface area contributed by atoms with Crippen LogP contribution in [0, 0.1) is 5.92 Å². The third-order valence-electron chi connectivity index (χ3n) is 4.82. The molecule has 0 spiro atoms. The SMILES string of the molecule is CC(C)[C@H](NC(=O)c1cccs1)C(=O)O[C@@H](C)C(=O)NC1CCCCCC1. The fourth-order valence-electron chi connectivity index (χ4n) is 3.16. The zero-order valence-electron chi connectivity index (χ0n) is 16.3. The highest BCUT2D eigenvalue weighted by molar-refractivity contribution is 7.12. The highest BCUT2D eigenvalue weighted by Gasteiger charge is 2.30. The summed E-state index contributed by atoms with van der Waals surface area (Å²) < 4.78 is 5.36. The molecule has 1 heterocycles. The van der Waals surface area contributed by atoms with Crippen molar-refractivity contribution in [3.8, 4) is 0 Å². The molecule has 2 amide bonds. The van der Waals surface area contributed by atoms with Crippen LogP contribution in [0.15, 0.2) is 17.5 Å². The van der Waals surface area contributed by atoms with Crippen LogP contribution < -0.4 is 10.6 Å². The van der Waals surface area contributed by atoms with Gasteiger partial charge >= 0.3 is 5.97 Å². The Morgan fingerprint density at radius 2 is 1.78 bits per heavy atom. The smallest absolute Gasteiger partial charge is 0.329 e. The normalized spacial score (nSPS) is 17.6. The molecule has 0 bridgehead atoms. The van der Waals surface area contributed by atoms with Gasteiger partial charge in [0, 0.05) is 6.04 Å². The summed E-state index contributed by atoms with van der Waals surface area (Å²) in [5.74, 6) is -1.32. The molecule has 1 aromatic rings. The van der Waals surface area contributed by atoms with Gasteiger partial charge in [-0.1, -0.05) is 45.6 Å². The Hall–Kier alpha value is -1.89. The lowest BCUT2D eigenvalue weighted by Crippen LogP contribution is -2.48. The summed E-state index contributed by atoms with van der Waals surface area (Å²) in [7, 11) is 0. The summed E-state index contributed by atoms with van der Waals surface area (Å²) >= 11 is 1.31. The molecule has 1 saturated carbocycles. The number of hydrogen-bond acceptors (Lipinski definition) is 5. The quantitative estimate of drug-likeness (QED) is 0.549. The van der Waals surface area contributed by atoms with Gasteiger partial charge in [-0.2, -0.15) is 0 Å². The molecular formula is C20H30N2O4S. The standard InChI is InChI=1S/C20H30N2O4S/c1-13(2)17(22-19(24)16-11-8-12-27-16)20(25)26-14(3)18(23)21-15-9-6-4-5-7-10-15/h8,11-15,17H,4-7,9-10H2,1-3H3,(H,21,23)(H,22,24)/t14-,17-/m0/s1. The maximum Gasteiger partial charge on any atom is 0.329 e. The molecule has 6 nitrogen and oxygen atoms in total. The van der Waals surface area contributed by atoms with Crippen molar-refractivity contribution in [2.45, 2.75) is 77.5 Å². The minimum absolute atomic E-state index is 0.153. The summed E-state index contributed by atoms with van der Waals surface area (Å²) in [4.78, 5) is 37.7. The number of nitrogens with one attached hydrogen (secondary N) is 2. The second-order valence-electron chi connectivity index (χ2n) is 7.45. The second-order valence-corrected chi connectivity index (χ2v) is 8.40. The number of hydrogen-bond donors (Lipinski definition) is 2. The van der Waals surface area contributed by atoms with Crippen LogP contribution in [-0.2, 0) is 14.3 Å². The van der Waals surface area contributed by atoms with Gasteiger partial charge in [0.25, 0.3) is 11.8 Å². The Morgan fingerprint density at radius 3 is 2.33 bits per heavy atom. The van der Waals surface area contributed by atoms with Gasteiger partial charge in [-0.3, -0.25) is 9.59 Å². The van der Waals surface area contributed by atoms with E-state index in [1.165, 1.54) is 24.2 Å². The summed E-state index contributed by atoms with van der Waals surface area (Å²) in [6.07, 6.45) is 5.69. The molecule has 2 N–H and O–H groups in total. The molecule has 2 rings (SSSR count). The molecule has 1 aliphatic carbocycles. The number of amides is 2. The van der Waals surface area contributed by atoms with Crippen LogP contribution in [-0.4, -0.2) is 36.0 Å². The van der Waals surface area contributed by atoms with Crippen molar-refractivity contribution in [3.63, 3.8) is 0 Å². The Balaban J connectivity index is 1.89. The van der Waals surface area contributed by atoms with Gasteiger partial charge in [0.05, 0.1) is 4.88 Å². The first-order chi connectivity index (χ1) is 12.9. The molecule has 0 radical (unpaired) electrons. The van der Waals surface area contributed by atoms with Crippen molar-refractivity contribution in [3.05, 3.63) is 22.4 Å². The minimum Gasteiger partial charge on any atom is -0.451 e. The van der Waals surface area contributed by atoms with Crippen molar-refractivity contribution >= 4 is 29.1 Å². The second kappa shape index (κ2) is 10.4. The van der Waals surface area contributed by atoms with Crippen molar-refractivity contribution in [2.75, 3.05) is 0 Å². The van der Waals surface area contributed by atoms with E-state index in [0.717, 1.165) is 25.7 Å². The lowest BCUT2D eigenvalue weighted by atomic mass is 10.0. The number of carbonyl (C=O) groups excluding carboxylic acids is 3. The number of carbonyl (C=O) groups is 3. The average Bonchev–Trinajstić information content (AvgIpc) is 3.04. The molecule has 7 heteroatoms. The first kappa shape index (κ1) is 21.4. The maximum atomic E-state index is 12.5. The summed E-state index contributed by atoms with van der Waals surface area (Å²) in [6, 6.07) is 2.83. The van der Waals surface area contributed by atoms with Crippen LogP contribution in [0.25, 0.3) is 0 Å². The molecule has 1 aromatic heterocycles. The van der Waals surface area contributed by atoms with Gasteiger partial charge < -0.3 is 15.4 Å². The average molecular weight is 395 g/mol. The van der Waals surface area contributed by atoms with E-state index in [1.54, 1.807) is 24.4 Å². The zero-order chi connectivity index (χ0) is 19.8. The summed E-state index contributed by atoms with van der Waals surface area (Å²) in [5, 5.41) is 7.51. The van der Waals surface area contributed by atoms with Crippen LogP contribution in [0.1, 0.15) is 69.0 Å². The fourth-order valence-corrected chi connectivity index (χ4v) is 3.79. The Kier molecular flexibility index (Phi) is 8.28. The van der Waals surface area contributed by atoms with Crippen LogP contribution in [0.3, 0.4) is 0 Å². The van der Waals surface area contributed by atoms with E-state index in [0.29, 0.717) is 4.88 Å². The van der Waals surface area contributed by atoms with Crippen molar-refractivity contribution in [1.82, 2.24) is 10.6 Å². The highest BCUT2D eigenvalue weighted by atomic mass is 32.1. The van der Waals surface area contributed by atoms with Gasteiger partial charge in [0.15, 0.2) is 6.10 Å². The largest absolute Gasteiger partial charge is 0.451 e. The zero-order valence-corrected chi connectivity index (χ0v) is 17.1. The molecule has 0 aliphatic heterocycles. The van der Waals surface area contributed by atoms with Crippen LogP contribution >= 0.6 is 11.3 Å². The van der Waals surface area contributed by atoms with Gasteiger partial charge in [0.1, 0.15) is 6.04 Å².